The number of urea groups is 1. The molecule has 6 nitrogen and oxygen atoms in total. The third kappa shape index (κ3) is 5.71. The second-order valence-electron chi connectivity index (χ2n) is 5.84. The van der Waals surface area contributed by atoms with Crippen molar-refractivity contribution in [2.24, 2.45) is 0 Å². The molecule has 0 saturated carbocycles. The third-order valence-corrected chi connectivity index (χ3v) is 3.46. The Hall–Kier alpha value is -2.11. The van der Waals surface area contributed by atoms with Gasteiger partial charge >= 0.3 is 6.03 Å². The number of amides is 2. The van der Waals surface area contributed by atoms with Crippen molar-refractivity contribution >= 4 is 17.7 Å². The molecule has 2 amide bonds. The smallest absolute Gasteiger partial charge is 0.320 e. The number of rotatable bonds is 6. The van der Waals surface area contributed by atoms with Gasteiger partial charge in [-0.3, -0.25) is 5.32 Å². The fraction of sp³-hybridized carbons (Fsp3) is 0.562. The van der Waals surface area contributed by atoms with Crippen LogP contribution in [0.1, 0.15) is 46.0 Å². The van der Waals surface area contributed by atoms with Gasteiger partial charge in [-0.25, -0.2) is 4.79 Å². The van der Waals surface area contributed by atoms with E-state index in [1.807, 2.05) is 19.9 Å². The summed E-state index contributed by atoms with van der Waals surface area (Å²) in [7, 11) is 0. The molecule has 3 N–H and O–H groups in total. The van der Waals surface area contributed by atoms with Crippen LogP contribution >= 0.6 is 0 Å². The molecule has 0 aromatic carbocycles. The van der Waals surface area contributed by atoms with E-state index in [1.54, 1.807) is 6.07 Å². The molecule has 0 spiro atoms. The van der Waals surface area contributed by atoms with Gasteiger partial charge < -0.3 is 10.6 Å². The summed E-state index contributed by atoms with van der Waals surface area (Å²) < 4.78 is 0. The van der Waals surface area contributed by atoms with E-state index in [1.165, 1.54) is 31.3 Å². The van der Waals surface area contributed by atoms with Crippen LogP contribution in [0.25, 0.3) is 0 Å². The highest BCUT2D eigenvalue weighted by Crippen LogP contribution is 2.19. The average molecular weight is 303 g/mol. The molecule has 1 aliphatic carbocycles. The van der Waals surface area contributed by atoms with Crippen LogP contribution < -0.4 is 16.0 Å². The number of nitrogens with zero attached hydrogens (tertiary/aromatic N) is 2. The molecule has 1 aromatic rings. The van der Waals surface area contributed by atoms with Crippen LogP contribution in [0.3, 0.4) is 0 Å². The Bertz CT molecular complexity index is 510. The summed E-state index contributed by atoms with van der Waals surface area (Å²) >= 11 is 0. The Balaban J connectivity index is 1.74. The molecule has 2 rings (SSSR count). The number of hydrogen-bond donors (Lipinski definition) is 3. The van der Waals surface area contributed by atoms with Gasteiger partial charge in [0.05, 0.1) is 0 Å². The molecule has 120 valence electrons. The molecule has 0 fully saturated rings. The van der Waals surface area contributed by atoms with Crippen molar-refractivity contribution in [3.05, 3.63) is 23.8 Å². The molecule has 1 aromatic heterocycles. The molecule has 22 heavy (non-hydrogen) atoms. The first-order valence-electron chi connectivity index (χ1n) is 7.96. The molecule has 1 aliphatic rings. The quantitative estimate of drug-likeness (QED) is 0.704. The number of carbonyl (C=O) groups excluding carboxylic acids is 1. The highest BCUT2D eigenvalue weighted by molar-refractivity contribution is 5.88. The minimum Gasteiger partial charge on any atom is -0.368 e. The molecule has 0 aliphatic heterocycles. The van der Waals surface area contributed by atoms with Crippen molar-refractivity contribution in [3.8, 4) is 0 Å². The fourth-order valence-electron chi connectivity index (χ4n) is 2.39. The van der Waals surface area contributed by atoms with Gasteiger partial charge in [-0.2, -0.15) is 0 Å². The zero-order chi connectivity index (χ0) is 15.8. The molecule has 0 saturated heterocycles. The summed E-state index contributed by atoms with van der Waals surface area (Å²) in [6.45, 7) is 4.67. The number of aromatic nitrogens is 2. The maximum atomic E-state index is 11.5. The van der Waals surface area contributed by atoms with Crippen LogP contribution in [0, 0.1) is 0 Å². The summed E-state index contributed by atoms with van der Waals surface area (Å²) in [6, 6.07) is 3.39. The van der Waals surface area contributed by atoms with Crippen molar-refractivity contribution in [1.29, 1.82) is 0 Å². The summed E-state index contributed by atoms with van der Waals surface area (Å²) in [4.78, 5) is 11.5. The molecular formula is C16H25N5O. The lowest BCUT2D eigenvalue weighted by Crippen LogP contribution is -2.34. The zero-order valence-electron chi connectivity index (χ0n) is 13.4. The lowest BCUT2D eigenvalue weighted by Gasteiger charge is -2.13. The van der Waals surface area contributed by atoms with Gasteiger partial charge in [0.25, 0.3) is 0 Å². The minimum atomic E-state index is -0.269. The first kappa shape index (κ1) is 16.3. The van der Waals surface area contributed by atoms with Crippen molar-refractivity contribution in [3.63, 3.8) is 0 Å². The zero-order valence-corrected chi connectivity index (χ0v) is 13.4. The summed E-state index contributed by atoms with van der Waals surface area (Å²) in [5.74, 6) is 1.17. The number of anilines is 2. The Morgan fingerprint density at radius 1 is 1.23 bits per heavy atom. The molecule has 0 atom stereocenters. The number of hydrogen-bond acceptors (Lipinski definition) is 4. The van der Waals surface area contributed by atoms with Gasteiger partial charge in [0, 0.05) is 12.6 Å². The standard InChI is InChI=1S/C16H25N5O/c1-12(2)18-16(22)19-15-9-8-14(20-21-15)17-11-10-13-6-4-3-5-7-13/h6,8-9,12H,3-5,7,10-11H2,1-2H3,(H,17,20)(H2,18,19,21,22). The van der Waals surface area contributed by atoms with Gasteiger partial charge in [-0.15, -0.1) is 10.2 Å². The van der Waals surface area contributed by atoms with E-state index in [0.29, 0.717) is 5.82 Å². The predicted octanol–water partition coefficient (Wildman–Crippen LogP) is 3.31. The monoisotopic (exact) mass is 303 g/mol. The lowest BCUT2D eigenvalue weighted by molar-refractivity contribution is 0.250. The van der Waals surface area contributed by atoms with Crippen molar-refractivity contribution < 1.29 is 4.79 Å². The Morgan fingerprint density at radius 3 is 2.64 bits per heavy atom. The van der Waals surface area contributed by atoms with E-state index < -0.39 is 0 Å². The number of carbonyl (C=O) groups is 1. The number of nitrogens with one attached hydrogen (secondary N) is 3. The van der Waals surface area contributed by atoms with Crippen LogP contribution in [-0.4, -0.2) is 28.8 Å². The average Bonchev–Trinajstić information content (AvgIpc) is 2.49. The minimum absolute atomic E-state index is 0.0861. The largest absolute Gasteiger partial charge is 0.368 e. The van der Waals surface area contributed by atoms with E-state index in [0.717, 1.165) is 18.8 Å². The van der Waals surface area contributed by atoms with Gasteiger partial charge in [0.2, 0.25) is 0 Å². The summed E-state index contributed by atoms with van der Waals surface area (Å²) in [5, 5.41) is 16.7. The predicted molar refractivity (Wildman–Crippen MR) is 89.0 cm³/mol. The van der Waals surface area contributed by atoms with Gasteiger partial charge in [-0.05, 0) is 58.1 Å². The van der Waals surface area contributed by atoms with Crippen molar-refractivity contribution in [2.45, 2.75) is 52.0 Å². The molecule has 6 heteroatoms. The van der Waals surface area contributed by atoms with E-state index >= 15 is 0 Å². The molecule has 0 unspecified atom stereocenters. The maximum absolute atomic E-state index is 11.5. The Labute approximate surface area is 131 Å². The second kappa shape index (κ2) is 8.36. The van der Waals surface area contributed by atoms with Crippen LogP contribution in [0.4, 0.5) is 16.4 Å². The van der Waals surface area contributed by atoms with Crippen LogP contribution in [0.5, 0.6) is 0 Å². The fourth-order valence-corrected chi connectivity index (χ4v) is 2.39. The molecular weight excluding hydrogens is 278 g/mol. The van der Waals surface area contributed by atoms with Crippen LogP contribution in [0.2, 0.25) is 0 Å². The van der Waals surface area contributed by atoms with E-state index in [4.69, 9.17) is 0 Å². The Kier molecular flexibility index (Phi) is 6.18. The highest BCUT2D eigenvalue weighted by Gasteiger charge is 2.06. The van der Waals surface area contributed by atoms with Crippen molar-refractivity contribution in [2.75, 3.05) is 17.2 Å². The van der Waals surface area contributed by atoms with Crippen LogP contribution in [-0.2, 0) is 0 Å². The normalized spacial score (nSPS) is 14.4. The first-order valence-corrected chi connectivity index (χ1v) is 7.96. The van der Waals surface area contributed by atoms with E-state index in [2.05, 4.69) is 32.2 Å². The molecule has 0 radical (unpaired) electrons. The summed E-state index contributed by atoms with van der Waals surface area (Å²) in [6.07, 6.45) is 8.48. The second-order valence-corrected chi connectivity index (χ2v) is 5.84. The first-order chi connectivity index (χ1) is 10.6. The summed E-state index contributed by atoms with van der Waals surface area (Å²) in [5.41, 5.74) is 1.54. The van der Waals surface area contributed by atoms with Crippen molar-refractivity contribution in [1.82, 2.24) is 15.5 Å². The molecule has 1 heterocycles. The topological polar surface area (TPSA) is 78.9 Å². The van der Waals surface area contributed by atoms with Gasteiger partial charge in [-0.1, -0.05) is 11.6 Å². The maximum Gasteiger partial charge on any atom is 0.320 e. The Morgan fingerprint density at radius 2 is 2.00 bits per heavy atom. The van der Waals surface area contributed by atoms with Crippen LogP contribution in [0.15, 0.2) is 23.8 Å². The number of allylic oxidation sites excluding steroid dienone is 1. The lowest BCUT2D eigenvalue weighted by atomic mass is 9.97. The van der Waals surface area contributed by atoms with E-state index in [9.17, 15) is 4.79 Å². The van der Waals surface area contributed by atoms with Gasteiger partial charge in [0.15, 0.2) is 5.82 Å². The van der Waals surface area contributed by atoms with Gasteiger partial charge in [0.1, 0.15) is 5.82 Å². The highest BCUT2D eigenvalue weighted by atomic mass is 16.2. The third-order valence-electron chi connectivity index (χ3n) is 3.46. The SMILES string of the molecule is CC(C)NC(=O)Nc1ccc(NCCC2=CCCCC2)nn1. The van der Waals surface area contributed by atoms with E-state index in [-0.39, 0.29) is 12.1 Å². The molecule has 0 bridgehead atoms.